The van der Waals surface area contributed by atoms with Crippen LogP contribution in [0.15, 0.2) is 84.9 Å². The third-order valence-electron chi connectivity index (χ3n) is 9.32. The van der Waals surface area contributed by atoms with E-state index in [1.807, 2.05) is 89.2 Å². The summed E-state index contributed by atoms with van der Waals surface area (Å²) in [4.78, 5) is 18.8. The first-order chi connectivity index (χ1) is 25.4. The van der Waals surface area contributed by atoms with Gasteiger partial charge in [-0.2, -0.15) is 5.10 Å². The molecule has 0 fully saturated rings. The number of hydrogen-bond acceptors (Lipinski definition) is 7. The average molecular weight is 718 g/mol. The van der Waals surface area contributed by atoms with Crippen LogP contribution in [0.4, 0.5) is 8.78 Å². The minimum atomic E-state index is -1.21. The summed E-state index contributed by atoms with van der Waals surface area (Å²) in [5, 5.41) is 5.23. The van der Waals surface area contributed by atoms with Crippen LogP contribution in [0.2, 0.25) is 0 Å². The number of aromatic nitrogens is 3. The van der Waals surface area contributed by atoms with Crippen molar-refractivity contribution in [3.63, 3.8) is 0 Å². The molecule has 8 nitrogen and oxygen atoms in total. The van der Waals surface area contributed by atoms with Crippen LogP contribution in [0.25, 0.3) is 39.3 Å². The second-order valence-electron chi connectivity index (χ2n) is 14.2. The molecule has 0 aliphatic carbocycles. The van der Waals surface area contributed by atoms with Crippen LogP contribution in [0.3, 0.4) is 0 Å². The fraction of sp³-hybridized carbons (Fsp3) is 0.279. The molecule has 53 heavy (non-hydrogen) atoms. The van der Waals surface area contributed by atoms with Crippen LogP contribution >= 0.6 is 0 Å². The van der Waals surface area contributed by atoms with E-state index in [0.717, 1.165) is 34.2 Å². The number of halogens is 2. The van der Waals surface area contributed by atoms with Crippen molar-refractivity contribution in [2.45, 2.75) is 65.8 Å². The first-order valence-electron chi connectivity index (χ1n) is 17.6. The van der Waals surface area contributed by atoms with Crippen molar-refractivity contribution >= 4 is 11.6 Å². The van der Waals surface area contributed by atoms with Gasteiger partial charge in [-0.25, -0.2) is 23.1 Å². The van der Waals surface area contributed by atoms with Crippen LogP contribution in [0.1, 0.15) is 61.2 Å². The van der Waals surface area contributed by atoms with Gasteiger partial charge in [0.05, 0.1) is 30.6 Å². The molecule has 1 atom stereocenters. The number of rotatable bonds is 9. The van der Waals surface area contributed by atoms with Gasteiger partial charge in [0.25, 0.3) is 0 Å². The Balaban J connectivity index is 1.52. The quantitative estimate of drug-likeness (QED) is 0.138. The monoisotopic (exact) mass is 717 g/mol. The van der Waals surface area contributed by atoms with Gasteiger partial charge in [0, 0.05) is 27.9 Å². The van der Waals surface area contributed by atoms with Gasteiger partial charge in [-0.3, -0.25) is 0 Å². The fourth-order valence-electron chi connectivity index (χ4n) is 6.89. The van der Waals surface area contributed by atoms with Gasteiger partial charge in [0.1, 0.15) is 23.9 Å². The topological polar surface area (TPSA) is 84.2 Å². The van der Waals surface area contributed by atoms with Crippen LogP contribution in [-0.2, 0) is 27.3 Å². The van der Waals surface area contributed by atoms with Crippen LogP contribution in [0, 0.1) is 25.5 Å². The third kappa shape index (κ3) is 7.11. The Labute approximate surface area is 307 Å². The van der Waals surface area contributed by atoms with Crippen molar-refractivity contribution in [1.29, 1.82) is 0 Å². The van der Waals surface area contributed by atoms with Gasteiger partial charge in [-0.15, -0.1) is 0 Å². The van der Waals surface area contributed by atoms with Crippen molar-refractivity contribution < 1.29 is 32.5 Å². The first-order valence-corrected chi connectivity index (χ1v) is 17.6. The van der Waals surface area contributed by atoms with E-state index in [0.29, 0.717) is 58.2 Å². The normalized spacial score (nSPS) is 13.4. The number of fused-ring (bicyclic) bond motifs is 2. The standard InChI is InChI=1S/C43H41F2N3O5/c1-25-32-16-11-21-51-39(32)34(45)23-33(25)38-35(40(42(49)50-6)53-43(3,4)5)26(2)46-41-36(37(47-48(38)41)28-12-8-7-9-13-28)29-14-10-15-31(22-29)52-24-27-17-19-30(44)20-18-27/h7-10,12-15,17-20,22-23,40H,11,16,21,24H2,1-6H3. The number of esters is 1. The van der Waals surface area contributed by atoms with Crippen molar-refractivity contribution in [3.05, 3.63) is 125 Å². The number of methoxy groups -OCH3 is 1. The summed E-state index contributed by atoms with van der Waals surface area (Å²) in [5.41, 5.74) is 6.98. The highest BCUT2D eigenvalue weighted by atomic mass is 19.1. The molecule has 0 N–H and O–H groups in total. The molecule has 1 aliphatic heterocycles. The van der Waals surface area contributed by atoms with Crippen LogP contribution in [0.5, 0.6) is 11.5 Å². The molecule has 7 rings (SSSR count). The largest absolute Gasteiger partial charge is 0.490 e. The van der Waals surface area contributed by atoms with Gasteiger partial charge in [-0.05, 0) is 94.5 Å². The number of benzene rings is 4. The summed E-state index contributed by atoms with van der Waals surface area (Å²) in [6.45, 7) is 10.0. The van der Waals surface area contributed by atoms with Crippen molar-refractivity contribution in [3.8, 4) is 45.1 Å². The van der Waals surface area contributed by atoms with Gasteiger partial charge >= 0.3 is 5.97 Å². The van der Waals surface area contributed by atoms with E-state index in [1.54, 1.807) is 16.6 Å². The smallest absolute Gasteiger partial charge is 0.339 e. The van der Waals surface area contributed by atoms with Gasteiger partial charge in [0.2, 0.25) is 0 Å². The van der Waals surface area contributed by atoms with E-state index in [-0.39, 0.29) is 18.2 Å². The zero-order chi connectivity index (χ0) is 37.4. The molecule has 0 amide bonds. The third-order valence-corrected chi connectivity index (χ3v) is 9.32. The fourth-order valence-corrected chi connectivity index (χ4v) is 6.89. The molecular formula is C43H41F2N3O5. The van der Waals surface area contributed by atoms with Crippen LogP contribution < -0.4 is 9.47 Å². The Morgan fingerprint density at radius 3 is 2.42 bits per heavy atom. The lowest BCUT2D eigenvalue weighted by molar-refractivity contribution is -0.164. The molecule has 6 aromatic rings. The van der Waals surface area contributed by atoms with E-state index < -0.39 is 23.5 Å². The minimum absolute atomic E-state index is 0.241. The summed E-state index contributed by atoms with van der Waals surface area (Å²) < 4.78 is 55.0. The number of carbonyl (C=O) groups is 1. The molecule has 3 heterocycles. The van der Waals surface area contributed by atoms with Crippen molar-refractivity contribution in [2.75, 3.05) is 13.7 Å². The maximum atomic E-state index is 16.1. The number of carbonyl (C=O) groups excluding carboxylic acids is 1. The van der Waals surface area contributed by atoms with Gasteiger partial charge in [-0.1, -0.05) is 54.6 Å². The summed E-state index contributed by atoms with van der Waals surface area (Å²) in [7, 11) is 1.31. The molecule has 0 saturated heterocycles. The SMILES string of the molecule is COC(=O)C(OC(C)(C)C)c1c(C)nc2c(-c3cccc(OCc4ccc(F)cc4)c3)c(-c3ccccc3)nn2c1-c1cc(F)c2c(c1C)CCCO2. The van der Waals surface area contributed by atoms with E-state index in [4.69, 9.17) is 29.0 Å². The molecule has 0 radical (unpaired) electrons. The lowest BCUT2D eigenvalue weighted by atomic mass is 9.90. The molecule has 2 aromatic heterocycles. The molecule has 4 aromatic carbocycles. The zero-order valence-electron chi connectivity index (χ0n) is 30.6. The Kier molecular flexibility index (Phi) is 9.74. The van der Waals surface area contributed by atoms with Gasteiger partial charge < -0.3 is 18.9 Å². The number of aryl methyl sites for hydroxylation is 1. The molecule has 0 spiro atoms. The highest BCUT2D eigenvalue weighted by Gasteiger charge is 2.36. The first kappa shape index (κ1) is 35.8. The summed E-state index contributed by atoms with van der Waals surface area (Å²) in [6.07, 6.45) is 0.172. The van der Waals surface area contributed by atoms with E-state index in [9.17, 15) is 9.18 Å². The Morgan fingerprint density at radius 2 is 1.70 bits per heavy atom. The summed E-state index contributed by atoms with van der Waals surface area (Å²) in [5.74, 6) is -0.587. The van der Waals surface area contributed by atoms with Crippen molar-refractivity contribution in [2.24, 2.45) is 0 Å². The maximum absolute atomic E-state index is 16.1. The van der Waals surface area contributed by atoms with Crippen molar-refractivity contribution in [1.82, 2.24) is 14.6 Å². The maximum Gasteiger partial charge on any atom is 0.339 e. The predicted octanol–water partition coefficient (Wildman–Crippen LogP) is 9.56. The van der Waals surface area contributed by atoms with E-state index >= 15 is 4.39 Å². The Hall–Kier alpha value is -5.61. The second kappa shape index (κ2) is 14.4. The Bertz CT molecular complexity index is 2310. The highest BCUT2D eigenvalue weighted by molar-refractivity contribution is 5.93. The molecule has 10 heteroatoms. The highest BCUT2D eigenvalue weighted by Crippen LogP contribution is 2.44. The zero-order valence-corrected chi connectivity index (χ0v) is 30.6. The minimum Gasteiger partial charge on any atom is -0.490 e. The lowest BCUT2D eigenvalue weighted by Gasteiger charge is -2.29. The Morgan fingerprint density at radius 1 is 0.962 bits per heavy atom. The number of ether oxygens (including phenoxy) is 4. The second-order valence-corrected chi connectivity index (χ2v) is 14.2. The summed E-state index contributed by atoms with van der Waals surface area (Å²) >= 11 is 0. The predicted molar refractivity (Wildman–Crippen MR) is 199 cm³/mol. The number of hydrogen-bond donors (Lipinski definition) is 0. The number of nitrogens with zero attached hydrogens (tertiary/aromatic N) is 3. The van der Waals surface area contributed by atoms with E-state index in [2.05, 4.69) is 0 Å². The molecule has 1 unspecified atom stereocenters. The average Bonchev–Trinajstić information content (AvgIpc) is 3.53. The molecular weight excluding hydrogens is 676 g/mol. The lowest BCUT2D eigenvalue weighted by Crippen LogP contribution is -2.30. The molecule has 1 aliphatic rings. The molecule has 0 saturated carbocycles. The molecule has 272 valence electrons. The summed E-state index contributed by atoms with van der Waals surface area (Å²) in [6, 6.07) is 25.0. The van der Waals surface area contributed by atoms with E-state index in [1.165, 1.54) is 25.3 Å². The van der Waals surface area contributed by atoms with Gasteiger partial charge in [0.15, 0.2) is 23.3 Å². The molecule has 0 bridgehead atoms. The van der Waals surface area contributed by atoms with Crippen LogP contribution in [-0.4, -0.2) is 39.9 Å².